The number of hydrogen-bond donors (Lipinski definition) is 2. The number of nitrogens with one attached hydrogen (secondary N) is 1. The molecule has 1 aromatic carbocycles. The molecule has 26 heavy (non-hydrogen) atoms. The highest BCUT2D eigenvalue weighted by Gasteiger charge is 2.27. The Morgan fingerprint density at radius 3 is 2.96 bits per heavy atom. The number of nitrogens with two attached hydrogens (primary N) is 1. The first-order valence-electron chi connectivity index (χ1n) is 8.96. The van der Waals surface area contributed by atoms with E-state index in [1.165, 1.54) is 0 Å². The molecule has 2 aromatic rings. The number of methoxy groups -OCH3 is 1. The van der Waals surface area contributed by atoms with Gasteiger partial charge in [0.05, 0.1) is 12.7 Å². The average Bonchev–Trinajstić information content (AvgIpc) is 3.16. The van der Waals surface area contributed by atoms with Crippen LogP contribution in [0.3, 0.4) is 0 Å². The van der Waals surface area contributed by atoms with Crippen molar-refractivity contribution in [2.45, 2.75) is 31.6 Å². The molecule has 138 valence electrons. The Kier molecular flexibility index (Phi) is 5.61. The van der Waals surface area contributed by atoms with Gasteiger partial charge in [-0.2, -0.15) is 0 Å². The van der Waals surface area contributed by atoms with E-state index in [-0.39, 0.29) is 11.8 Å². The molecule has 0 bridgehead atoms. The highest BCUT2D eigenvalue weighted by Crippen LogP contribution is 2.28. The summed E-state index contributed by atoms with van der Waals surface area (Å²) in [6.07, 6.45) is 4.76. The summed E-state index contributed by atoms with van der Waals surface area (Å²) in [5.74, 6) is 0.646. The summed E-state index contributed by atoms with van der Waals surface area (Å²) in [4.78, 5) is 29.3. The van der Waals surface area contributed by atoms with E-state index in [1.54, 1.807) is 19.4 Å². The van der Waals surface area contributed by atoms with E-state index >= 15 is 0 Å². The van der Waals surface area contributed by atoms with Crippen LogP contribution in [-0.2, 0) is 11.2 Å². The van der Waals surface area contributed by atoms with Gasteiger partial charge in [0, 0.05) is 37.3 Å². The summed E-state index contributed by atoms with van der Waals surface area (Å²) in [5, 5.41) is 0. The maximum atomic E-state index is 12.7. The fourth-order valence-corrected chi connectivity index (χ4v) is 3.61. The summed E-state index contributed by atoms with van der Waals surface area (Å²) >= 11 is 0. The van der Waals surface area contributed by atoms with Crippen molar-refractivity contribution < 1.29 is 14.3 Å². The molecule has 3 N–H and O–H groups in total. The Morgan fingerprint density at radius 1 is 1.35 bits per heavy atom. The average molecular weight is 355 g/mol. The third-order valence-corrected chi connectivity index (χ3v) is 4.99. The number of primary amides is 1. The van der Waals surface area contributed by atoms with Crippen molar-refractivity contribution in [3.63, 3.8) is 0 Å². The second-order valence-electron chi connectivity index (χ2n) is 6.70. The van der Waals surface area contributed by atoms with Crippen molar-refractivity contribution in [2.24, 2.45) is 5.73 Å². The zero-order valence-corrected chi connectivity index (χ0v) is 15.0. The molecule has 6 nitrogen and oxygen atoms in total. The van der Waals surface area contributed by atoms with Crippen molar-refractivity contribution in [2.75, 3.05) is 20.2 Å². The zero-order chi connectivity index (χ0) is 18.5. The van der Waals surface area contributed by atoms with E-state index in [1.807, 2.05) is 29.2 Å². The highest BCUT2D eigenvalue weighted by molar-refractivity contribution is 5.94. The molecule has 3 rings (SSSR count). The van der Waals surface area contributed by atoms with Gasteiger partial charge in [-0.25, -0.2) is 0 Å². The maximum absolute atomic E-state index is 12.7. The summed E-state index contributed by atoms with van der Waals surface area (Å²) in [5.41, 5.74) is 7.91. The minimum Gasteiger partial charge on any atom is -0.497 e. The molecule has 1 unspecified atom stereocenters. The van der Waals surface area contributed by atoms with Gasteiger partial charge in [-0.3, -0.25) is 9.59 Å². The Balaban J connectivity index is 1.61. The minimum atomic E-state index is -0.428. The first-order valence-corrected chi connectivity index (χ1v) is 8.96. The van der Waals surface area contributed by atoms with Crippen molar-refractivity contribution in [1.82, 2.24) is 9.88 Å². The number of hydrogen-bond acceptors (Lipinski definition) is 3. The second kappa shape index (κ2) is 8.08. The van der Waals surface area contributed by atoms with E-state index in [0.29, 0.717) is 24.9 Å². The lowest BCUT2D eigenvalue weighted by atomic mass is 9.92. The standard InChI is InChI=1S/C20H25N3O3/c1-26-16-6-2-4-14(12-16)7-8-18(24)23-11-3-5-15(13-23)19-17(20(21)25)9-10-22-19/h2,4,6,9-10,12,15,22H,3,5,7-8,11,13H2,1H3,(H2,21,25). The summed E-state index contributed by atoms with van der Waals surface area (Å²) < 4.78 is 5.23. The predicted molar refractivity (Wildman–Crippen MR) is 99.2 cm³/mol. The molecule has 1 aliphatic rings. The zero-order valence-electron chi connectivity index (χ0n) is 15.0. The lowest BCUT2D eigenvalue weighted by Crippen LogP contribution is -2.39. The molecular weight excluding hydrogens is 330 g/mol. The van der Waals surface area contributed by atoms with Crippen LogP contribution in [0, 0.1) is 0 Å². The predicted octanol–water partition coefficient (Wildman–Crippen LogP) is 2.46. The van der Waals surface area contributed by atoms with Gasteiger partial charge in [0.1, 0.15) is 5.75 Å². The molecule has 6 heteroatoms. The summed E-state index contributed by atoms with van der Waals surface area (Å²) in [6.45, 7) is 1.39. The molecule has 0 aliphatic carbocycles. The van der Waals surface area contributed by atoms with Gasteiger partial charge < -0.3 is 20.4 Å². The number of likely N-dealkylation sites (tertiary alicyclic amines) is 1. The van der Waals surface area contributed by atoms with Gasteiger partial charge in [0.25, 0.3) is 5.91 Å². The molecule has 2 amide bonds. The number of aromatic nitrogens is 1. The number of nitrogens with zero attached hydrogens (tertiary/aromatic N) is 1. The van der Waals surface area contributed by atoms with Gasteiger partial charge in [0.15, 0.2) is 0 Å². The molecule has 1 aliphatic heterocycles. The molecule has 1 atom stereocenters. The number of amides is 2. The fourth-order valence-electron chi connectivity index (χ4n) is 3.61. The van der Waals surface area contributed by atoms with E-state index in [0.717, 1.165) is 36.4 Å². The first kappa shape index (κ1) is 18.0. The van der Waals surface area contributed by atoms with Crippen LogP contribution >= 0.6 is 0 Å². The van der Waals surface area contributed by atoms with E-state index < -0.39 is 5.91 Å². The van der Waals surface area contributed by atoms with Gasteiger partial charge in [0.2, 0.25) is 5.91 Å². The third-order valence-electron chi connectivity index (χ3n) is 4.99. The Bertz CT molecular complexity index is 784. The number of rotatable bonds is 6. The number of piperidine rings is 1. The second-order valence-corrected chi connectivity index (χ2v) is 6.70. The Labute approximate surface area is 153 Å². The van der Waals surface area contributed by atoms with Crippen LogP contribution in [0.25, 0.3) is 0 Å². The minimum absolute atomic E-state index is 0.127. The van der Waals surface area contributed by atoms with Gasteiger partial charge in [-0.1, -0.05) is 12.1 Å². The quantitative estimate of drug-likeness (QED) is 0.834. The van der Waals surface area contributed by atoms with Crippen molar-refractivity contribution in [3.8, 4) is 5.75 Å². The Hall–Kier alpha value is -2.76. The monoisotopic (exact) mass is 355 g/mol. The van der Waals surface area contributed by atoms with Crippen LogP contribution in [0.4, 0.5) is 0 Å². The van der Waals surface area contributed by atoms with E-state index in [4.69, 9.17) is 10.5 Å². The Morgan fingerprint density at radius 2 is 2.19 bits per heavy atom. The molecule has 0 radical (unpaired) electrons. The van der Waals surface area contributed by atoms with Crippen molar-refractivity contribution >= 4 is 11.8 Å². The number of H-pyrrole nitrogens is 1. The SMILES string of the molecule is COc1cccc(CCC(=O)N2CCCC(c3[nH]ccc3C(N)=O)C2)c1. The highest BCUT2D eigenvalue weighted by atomic mass is 16.5. The van der Waals surface area contributed by atoms with Crippen molar-refractivity contribution in [1.29, 1.82) is 0 Å². The van der Waals surface area contributed by atoms with Crippen molar-refractivity contribution in [3.05, 3.63) is 53.3 Å². The summed E-state index contributed by atoms with van der Waals surface area (Å²) in [6, 6.07) is 9.51. The summed E-state index contributed by atoms with van der Waals surface area (Å²) in [7, 11) is 1.64. The smallest absolute Gasteiger partial charge is 0.250 e. The van der Waals surface area contributed by atoms with Crippen LogP contribution in [0.2, 0.25) is 0 Å². The topological polar surface area (TPSA) is 88.4 Å². The molecule has 2 heterocycles. The number of benzene rings is 1. The van der Waals surface area contributed by atoms with E-state index in [9.17, 15) is 9.59 Å². The largest absolute Gasteiger partial charge is 0.497 e. The lowest BCUT2D eigenvalue weighted by Gasteiger charge is -2.33. The van der Waals surface area contributed by atoms with Crippen LogP contribution in [0.15, 0.2) is 36.5 Å². The van der Waals surface area contributed by atoms with Crippen LogP contribution in [0.1, 0.15) is 46.8 Å². The van der Waals surface area contributed by atoms with E-state index in [2.05, 4.69) is 4.98 Å². The fraction of sp³-hybridized carbons (Fsp3) is 0.400. The number of carbonyl (C=O) groups is 2. The molecule has 0 spiro atoms. The molecule has 1 saturated heterocycles. The number of ether oxygens (including phenoxy) is 1. The lowest BCUT2D eigenvalue weighted by molar-refractivity contribution is -0.132. The van der Waals surface area contributed by atoms with Crippen LogP contribution in [-0.4, -0.2) is 41.9 Å². The molecule has 1 fully saturated rings. The number of carbonyl (C=O) groups excluding carboxylic acids is 2. The first-order chi connectivity index (χ1) is 12.6. The van der Waals surface area contributed by atoms with Crippen LogP contribution in [0.5, 0.6) is 5.75 Å². The molecule has 0 saturated carbocycles. The number of aromatic amines is 1. The van der Waals surface area contributed by atoms with Gasteiger partial charge in [-0.15, -0.1) is 0 Å². The third kappa shape index (κ3) is 4.07. The number of aryl methyl sites for hydroxylation is 1. The maximum Gasteiger partial charge on any atom is 0.250 e. The van der Waals surface area contributed by atoms with Gasteiger partial charge >= 0.3 is 0 Å². The normalized spacial score (nSPS) is 17.1. The molecular formula is C20H25N3O3. The van der Waals surface area contributed by atoms with Gasteiger partial charge in [-0.05, 0) is 43.0 Å². The molecule has 1 aromatic heterocycles. The van der Waals surface area contributed by atoms with Crippen LogP contribution < -0.4 is 10.5 Å².